The van der Waals surface area contributed by atoms with Gasteiger partial charge in [-0.25, -0.2) is 0 Å². The molecule has 30 heavy (non-hydrogen) atoms. The van der Waals surface area contributed by atoms with Crippen molar-refractivity contribution in [3.63, 3.8) is 0 Å². The molecule has 5 nitrogen and oxygen atoms in total. The lowest BCUT2D eigenvalue weighted by molar-refractivity contribution is 0.0939. The van der Waals surface area contributed by atoms with Gasteiger partial charge in [-0.15, -0.1) is 0 Å². The Kier molecular flexibility index (Phi) is 7.20. The maximum Gasteiger partial charge on any atom is 0.251 e. The molecule has 0 aliphatic carbocycles. The predicted octanol–water partition coefficient (Wildman–Crippen LogP) is 5.43. The maximum absolute atomic E-state index is 12.8. The lowest BCUT2D eigenvalue weighted by atomic mass is 10.1. The van der Waals surface area contributed by atoms with Crippen LogP contribution in [-0.2, 0) is 6.61 Å². The van der Waals surface area contributed by atoms with Crippen LogP contribution in [0.4, 0.5) is 0 Å². The van der Waals surface area contributed by atoms with Gasteiger partial charge in [-0.05, 0) is 55.0 Å². The second-order valence-electron chi connectivity index (χ2n) is 6.74. The molecule has 0 heterocycles. The van der Waals surface area contributed by atoms with E-state index in [1.165, 1.54) is 0 Å². The van der Waals surface area contributed by atoms with Crippen molar-refractivity contribution in [1.29, 1.82) is 0 Å². The summed E-state index contributed by atoms with van der Waals surface area (Å²) in [5, 5.41) is 3.67. The van der Waals surface area contributed by atoms with Gasteiger partial charge in [0.25, 0.3) is 5.91 Å². The van der Waals surface area contributed by atoms with Crippen molar-refractivity contribution in [2.24, 2.45) is 0 Å². The highest BCUT2D eigenvalue weighted by molar-refractivity contribution is 6.30. The fourth-order valence-corrected chi connectivity index (χ4v) is 3.13. The number of rotatable bonds is 8. The lowest BCUT2D eigenvalue weighted by Crippen LogP contribution is -2.26. The van der Waals surface area contributed by atoms with E-state index in [1.54, 1.807) is 50.6 Å². The van der Waals surface area contributed by atoms with Gasteiger partial charge in [-0.2, -0.15) is 0 Å². The lowest BCUT2D eigenvalue weighted by Gasteiger charge is -2.16. The van der Waals surface area contributed by atoms with E-state index in [9.17, 15) is 4.79 Å². The molecule has 0 saturated heterocycles. The van der Waals surface area contributed by atoms with E-state index in [4.69, 9.17) is 25.8 Å². The van der Waals surface area contributed by atoms with E-state index >= 15 is 0 Å². The number of hydrogen-bond donors (Lipinski definition) is 1. The molecule has 0 fully saturated rings. The summed E-state index contributed by atoms with van der Waals surface area (Å²) < 4.78 is 16.5. The molecule has 0 unspecified atom stereocenters. The van der Waals surface area contributed by atoms with Crippen molar-refractivity contribution >= 4 is 17.5 Å². The molecule has 3 rings (SSSR count). The van der Waals surface area contributed by atoms with Crippen LogP contribution < -0.4 is 19.5 Å². The zero-order valence-electron chi connectivity index (χ0n) is 17.1. The van der Waals surface area contributed by atoms with Crippen LogP contribution in [0.5, 0.6) is 17.2 Å². The van der Waals surface area contributed by atoms with Crippen LogP contribution in [0.25, 0.3) is 0 Å². The summed E-state index contributed by atoms with van der Waals surface area (Å²) in [4.78, 5) is 12.8. The van der Waals surface area contributed by atoms with Crippen LogP contribution in [-0.4, -0.2) is 20.1 Å². The van der Waals surface area contributed by atoms with Crippen LogP contribution in [0, 0.1) is 0 Å². The van der Waals surface area contributed by atoms with E-state index in [0.717, 1.165) is 11.1 Å². The number of carbonyl (C=O) groups excluding carboxylic acids is 1. The molecule has 0 aliphatic heterocycles. The second kappa shape index (κ2) is 10.0. The zero-order valence-corrected chi connectivity index (χ0v) is 17.9. The first-order chi connectivity index (χ1) is 14.5. The van der Waals surface area contributed by atoms with Gasteiger partial charge in [0.1, 0.15) is 23.9 Å². The Balaban J connectivity index is 1.72. The average molecular weight is 426 g/mol. The van der Waals surface area contributed by atoms with Gasteiger partial charge in [0.2, 0.25) is 0 Å². The number of hydrogen-bond acceptors (Lipinski definition) is 4. The average Bonchev–Trinajstić information content (AvgIpc) is 2.78. The number of amides is 1. The van der Waals surface area contributed by atoms with Gasteiger partial charge in [0, 0.05) is 22.2 Å². The molecular weight excluding hydrogens is 402 g/mol. The SMILES string of the molecule is COc1cccc(OCc2cc(C(=O)N[C@H](C)c3ccc(Cl)cc3)ccc2OC)c1. The molecule has 6 heteroatoms. The van der Waals surface area contributed by atoms with E-state index in [-0.39, 0.29) is 18.6 Å². The number of halogens is 1. The van der Waals surface area contributed by atoms with E-state index < -0.39 is 0 Å². The zero-order chi connectivity index (χ0) is 21.5. The number of ether oxygens (including phenoxy) is 3. The third-order valence-corrected chi connectivity index (χ3v) is 4.95. The Morgan fingerprint density at radius 3 is 2.40 bits per heavy atom. The summed E-state index contributed by atoms with van der Waals surface area (Å²) >= 11 is 5.94. The molecule has 0 aliphatic rings. The standard InChI is InChI=1S/C24H24ClNO4/c1-16(17-7-10-20(25)11-8-17)26-24(27)18-9-12-23(29-3)19(13-18)15-30-22-6-4-5-21(14-22)28-2/h4-14,16H,15H2,1-3H3,(H,26,27)/t16-/m1/s1. The third-order valence-electron chi connectivity index (χ3n) is 4.70. The summed E-state index contributed by atoms with van der Waals surface area (Å²) in [6, 6.07) is 19.9. The summed E-state index contributed by atoms with van der Waals surface area (Å²) in [5.74, 6) is 1.86. The Labute approximate surface area is 181 Å². The van der Waals surface area contributed by atoms with Crippen molar-refractivity contribution in [2.45, 2.75) is 19.6 Å². The summed E-state index contributed by atoms with van der Waals surface area (Å²) in [7, 11) is 3.20. The predicted molar refractivity (Wildman–Crippen MR) is 118 cm³/mol. The Hall–Kier alpha value is -3.18. The minimum atomic E-state index is -0.178. The molecule has 0 aromatic heterocycles. The molecule has 1 atom stereocenters. The minimum Gasteiger partial charge on any atom is -0.497 e. The van der Waals surface area contributed by atoms with E-state index in [2.05, 4.69) is 5.32 Å². The highest BCUT2D eigenvalue weighted by atomic mass is 35.5. The topological polar surface area (TPSA) is 56.8 Å². The van der Waals surface area contributed by atoms with Gasteiger partial charge in [-0.3, -0.25) is 4.79 Å². The molecular formula is C24H24ClNO4. The summed E-state index contributed by atoms with van der Waals surface area (Å²) in [6.07, 6.45) is 0. The van der Waals surface area contributed by atoms with Crippen LogP contribution in [0.15, 0.2) is 66.7 Å². The first kappa shape index (κ1) is 21.5. The molecule has 3 aromatic carbocycles. The van der Waals surface area contributed by atoms with E-state index in [0.29, 0.717) is 27.8 Å². The molecule has 0 spiro atoms. The fraction of sp³-hybridized carbons (Fsp3) is 0.208. The van der Waals surface area contributed by atoms with Crippen molar-refractivity contribution in [2.75, 3.05) is 14.2 Å². The van der Waals surface area contributed by atoms with Crippen molar-refractivity contribution in [3.05, 3.63) is 88.4 Å². The summed E-state index contributed by atoms with van der Waals surface area (Å²) in [5.41, 5.74) is 2.27. The van der Waals surface area contributed by atoms with Crippen molar-refractivity contribution < 1.29 is 19.0 Å². The van der Waals surface area contributed by atoms with Crippen LogP contribution in [0.1, 0.15) is 34.5 Å². The highest BCUT2D eigenvalue weighted by Gasteiger charge is 2.14. The first-order valence-corrected chi connectivity index (χ1v) is 9.88. The Bertz CT molecular complexity index is 1000. The molecule has 0 radical (unpaired) electrons. The van der Waals surface area contributed by atoms with Gasteiger partial charge in [-0.1, -0.05) is 29.8 Å². The summed E-state index contributed by atoms with van der Waals surface area (Å²) in [6.45, 7) is 2.18. The molecule has 156 valence electrons. The molecule has 3 aromatic rings. The van der Waals surface area contributed by atoms with Gasteiger partial charge in [0.05, 0.1) is 20.3 Å². The second-order valence-corrected chi connectivity index (χ2v) is 7.18. The number of nitrogens with one attached hydrogen (secondary N) is 1. The normalized spacial score (nSPS) is 11.5. The highest BCUT2D eigenvalue weighted by Crippen LogP contribution is 2.25. The van der Waals surface area contributed by atoms with Gasteiger partial charge < -0.3 is 19.5 Å². The van der Waals surface area contributed by atoms with E-state index in [1.807, 2.05) is 37.3 Å². The molecule has 1 amide bonds. The minimum absolute atomic E-state index is 0.159. The number of carbonyl (C=O) groups is 1. The van der Waals surface area contributed by atoms with Crippen LogP contribution in [0.3, 0.4) is 0 Å². The first-order valence-electron chi connectivity index (χ1n) is 9.50. The third kappa shape index (κ3) is 5.45. The van der Waals surface area contributed by atoms with Crippen molar-refractivity contribution in [3.8, 4) is 17.2 Å². The monoisotopic (exact) mass is 425 g/mol. The Morgan fingerprint density at radius 2 is 1.70 bits per heavy atom. The molecule has 0 bridgehead atoms. The number of methoxy groups -OCH3 is 2. The largest absolute Gasteiger partial charge is 0.497 e. The molecule has 1 N–H and O–H groups in total. The van der Waals surface area contributed by atoms with Crippen molar-refractivity contribution in [1.82, 2.24) is 5.32 Å². The smallest absolute Gasteiger partial charge is 0.251 e. The van der Waals surface area contributed by atoms with Crippen LogP contribution in [0.2, 0.25) is 5.02 Å². The van der Waals surface area contributed by atoms with Crippen LogP contribution >= 0.6 is 11.6 Å². The van der Waals surface area contributed by atoms with Gasteiger partial charge >= 0.3 is 0 Å². The fourth-order valence-electron chi connectivity index (χ4n) is 3.00. The molecule has 0 saturated carbocycles. The quantitative estimate of drug-likeness (QED) is 0.523. The Morgan fingerprint density at radius 1 is 0.967 bits per heavy atom. The number of benzene rings is 3. The van der Waals surface area contributed by atoms with Gasteiger partial charge in [0.15, 0.2) is 0 Å². The maximum atomic E-state index is 12.8.